The molecule has 0 unspecified atom stereocenters. The number of carbonyl (C=O) groups excluding carboxylic acids is 1. The van der Waals surface area contributed by atoms with E-state index in [-0.39, 0.29) is 5.02 Å². The zero-order valence-corrected chi connectivity index (χ0v) is 15.9. The summed E-state index contributed by atoms with van der Waals surface area (Å²) >= 11 is 6.53. The van der Waals surface area contributed by atoms with Gasteiger partial charge in [0.25, 0.3) is 0 Å². The number of fused-ring (bicyclic) bond motifs is 2. The number of H-pyrrole nitrogens is 1. The fourth-order valence-electron chi connectivity index (χ4n) is 3.59. The Hall–Kier alpha value is -3.65. The minimum absolute atomic E-state index is 0.00713. The van der Waals surface area contributed by atoms with Crippen molar-refractivity contribution in [2.75, 3.05) is 5.32 Å². The number of anilines is 1. The number of pyridine rings is 1. The van der Waals surface area contributed by atoms with Crippen LogP contribution in [0, 0.1) is 12.7 Å². The summed E-state index contributed by atoms with van der Waals surface area (Å²) in [5.74, 6) is -0.118. The molecule has 4 heterocycles. The number of nitrogens with one attached hydrogen (secondary N) is 2. The molecule has 0 bridgehead atoms. The van der Waals surface area contributed by atoms with Gasteiger partial charge < -0.3 is 14.3 Å². The fourth-order valence-corrected chi connectivity index (χ4v) is 3.89. The van der Waals surface area contributed by atoms with E-state index in [1.54, 1.807) is 45.9 Å². The lowest BCUT2D eigenvalue weighted by atomic mass is 10.0. The molecule has 1 aromatic carbocycles. The molecular weight excluding hydrogens is 395 g/mol. The lowest BCUT2D eigenvalue weighted by Crippen LogP contribution is -2.02. The molecule has 144 valence electrons. The molecule has 0 saturated carbocycles. The Labute approximate surface area is 168 Å². The van der Waals surface area contributed by atoms with Gasteiger partial charge in [0, 0.05) is 34.6 Å². The van der Waals surface area contributed by atoms with E-state index >= 15 is 4.39 Å². The molecule has 0 atom stereocenters. The van der Waals surface area contributed by atoms with Crippen LogP contribution in [-0.2, 0) is 4.79 Å². The Kier molecular flexibility index (Phi) is 3.88. The Morgan fingerprint density at radius 2 is 2.14 bits per heavy atom. The average molecular weight is 409 g/mol. The SMILES string of the molecule is Cc1cccn1-c1c(F)c(Cl)c(-c2ccc3nc(NC=O)cn3c2)c2cn[nH]c12. The molecule has 2 N–H and O–H groups in total. The summed E-state index contributed by atoms with van der Waals surface area (Å²) in [6, 6.07) is 7.31. The number of aromatic nitrogens is 5. The number of rotatable bonds is 4. The molecule has 0 saturated heterocycles. The van der Waals surface area contributed by atoms with Gasteiger partial charge in [0.15, 0.2) is 11.6 Å². The highest BCUT2D eigenvalue weighted by atomic mass is 35.5. The van der Waals surface area contributed by atoms with Crippen LogP contribution in [0.2, 0.25) is 5.02 Å². The van der Waals surface area contributed by atoms with Gasteiger partial charge in [0.1, 0.15) is 11.3 Å². The van der Waals surface area contributed by atoms with Crippen LogP contribution in [0.5, 0.6) is 0 Å². The topological polar surface area (TPSA) is 80.0 Å². The van der Waals surface area contributed by atoms with Crippen molar-refractivity contribution >= 4 is 40.4 Å². The van der Waals surface area contributed by atoms with E-state index < -0.39 is 5.82 Å². The maximum Gasteiger partial charge on any atom is 0.212 e. The highest BCUT2D eigenvalue weighted by molar-refractivity contribution is 6.35. The number of aromatic amines is 1. The maximum absolute atomic E-state index is 15.4. The van der Waals surface area contributed by atoms with Gasteiger partial charge in [-0.3, -0.25) is 9.89 Å². The smallest absolute Gasteiger partial charge is 0.212 e. The van der Waals surface area contributed by atoms with Gasteiger partial charge in [-0.15, -0.1) is 0 Å². The second-order valence-corrected chi connectivity index (χ2v) is 6.98. The van der Waals surface area contributed by atoms with Crippen LogP contribution in [0.3, 0.4) is 0 Å². The zero-order chi connectivity index (χ0) is 20.1. The number of benzene rings is 1. The summed E-state index contributed by atoms with van der Waals surface area (Å²) in [6.07, 6.45) is 7.43. The Morgan fingerprint density at radius 1 is 1.28 bits per heavy atom. The minimum atomic E-state index is -0.535. The van der Waals surface area contributed by atoms with E-state index in [2.05, 4.69) is 20.5 Å². The summed E-state index contributed by atoms with van der Waals surface area (Å²) in [5.41, 5.74) is 3.61. The summed E-state index contributed by atoms with van der Waals surface area (Å²) in [4.78, 5) is 14.9. The van der Waals surface area contributed by atoms with Gasteiger partial charge in [-0.25, -0.2) is 9.37 Å². The van der Waals surface area contributed by atoms with Crippen LogP contribution in [-0.4, -0.2) is 30.6 Å². The third-order valence-electron chi connectivity index (χ3n) is 4.91. The second-order valence-electron chi connectivity index (χ2n) is 6.60. The van der Waals surface area contributed by atoms with E-state index in [1.807, 2.05) is 19.1 Å². The molecule has 5 rings (SSSR count). The summed E-state index contributed by atoms with van der Waals surface area (Å²) in [6.45, 7) is 1.89. The highest BCUT2D eigenvalue weighted by Gasteiger charge is 2.23. The van der Waals surface area contributed by atoms with Crippen molar-refractivity contribution in [3.63, 3.8) is 0 Å². The van der Waals surface area contributed by atoms with E-state index in [9.17, 15) is 4.79 Å². The molecule has 7 nitrogen and oxygen atoms in total. The van der Waals surface area contributed by atoms with Crippen LogP contribution in [0.25, 0.3) is 33.4 Å². The van der Waals surface area contributed by atoms with Crippen molar-refractivity contribution in [1.82, 2.24) is 24.1 Å². The van der Waals surface area contributed by atoms with Crippen molar-refractivity contribution in [2.24, 2.45) is 0 Å². The first-order chi connectivity index (χ1) is 14.1. The van der Waals surface area contributed by atoms with Crippen molar-refractivity contribution in [3.05, 3.63) is 65.6 Å². The normalized spacial score (nSPS) is 11.4. The van der Waals surface area contributed by atoms with Crippen molar-refractivity contribution in [3.8, 4) is 16.8 Å². The van der Waals surface area contributed by atoms with Crippen LogP contribution < -0.4 is 5.32 Å². The first-order valence-electron chi connectivity index (χ1n) is 8.76. The standard InChI is InChI=1S/C20H14ClFN6O/c1-11-3-2-6-28(11)20-18(22)17(21)16(13-7-24-26-19(13)20)12-4-5-15-25-14(23-10-29)9-27(15)8-12/h2-10H,1H3,(H,23,29)(H,24,26). The highest BCUT2D eigenvalue weighted by Crippen LogP contribution is 2.40. The Morgan fingerprint density at radius 3 is 2.90 bits per heavy atom. The number of hydrogen-bond acceptors (Lipinski definition) is 3. The molecule has 0 aliphatic carbocycles. The summed E-state index contributed by atoms with van der Waals surface area (Å²) in [5, 5.41) is 10.3. The largest absolute Gasteiger partial charge is 0.317 e. The average Bonchev–Trinajstić information content (AvgIpc) is 3.43. The fraction of sp³-hybridized carbons (Fsp3) is 0.0500. The quantitative estimate of drug-likeness (QED) is 0.434. The Balaban J connectivity index is 1.77. The third kappa shape index (κ3) is 2.60. The first-order valence-corrected chi connectivity index (χ1v) is 9.14. The molecule has 0 fully saturated rings. The number of nitrogens with zero attached hydrogens (tertiary/aromatic N) is 4. The monoisotopic (exact) mass is 408 g/mol. The number of amides is 1. The van der Waals surface area contributed by atoms with Gasteiger partial charge in [0.05, 0.1) is 22.9 Å². The van der Waals surface area contributed by atoms with Gasteiger partial charge in [0.2, 0.25) is 6.41 Å². The van der Waals surface area contributed by atoms with Gasteiger partial charge in [-0.1, -0.05) is 11.6 Å². The molecule has 9 heteroatoms. The lowest BCUT2D eigenvalue weighted by Gasteiger charge is -2.14. The van der Waals surface area contributed by atoms with Crippen molar-refractivity contribution < 1.29 is 9.18 Å². The number of imidazole rings is 1. The third-order valence-corrected chi connectivity index (χ3v) is 5.26. The molecular formula is C20H14ClFN6O. The van der Waals surface area contributed by atoms with E-state index in [0.29, 0.717) is 45.6 Å². The van der Waals surface area contributed by atoms with Crippen molar-refractivity contribution in [1.29, 1.82) is 0 Å². The second kappa shape index (κ2) is 6.46. The van der Waals surface area contributed by atoms with Crippen LogP contribution in [0.1, 0.15) is 5.69 Å². The molecule has 0 aliphatic rings. The molecule has 5 aromatic rings. The number of halogens is 2. The summed E-state index contributed by atoms with van der Waals surface area (Å²) < 4.78 is 18.9. The molecule has 0 radical (unpaired) electrons. The number of hydrogen-bond donors (Lipinski definition) is 2. The molecule has 29 heavy (non-hydrogen) atoms. The van der Waals surface area contributed by atoms with Gasteiger partial charge in [-0.05, 0) is 31.2 Å². The lowest BCUT2D eigenvalue weighted by molar-refractivity contribution is -0.105. The predicted octanol–water partition coefficient (Wildman–Crippen LogP) is 4.34. The predicted molar refractivity (Wildman–Crippen MR) is 109 cm³/mol. The molecule has 0 aliphatic heterocycles. The van der Waals surface area contributed by atoms with Crippen LogP contribution in [0.4, 0.5) is 10.2 Å². The van der Waals surface area contributed by atoms with Crippen molar-refractivity contribution in [2.45, 2.75) is 6.92 Å². The van der Waals surface area contributed by atoms with Gasteiger partial charge >= 0.3 is 0 Å². The minimum Gasteiger partial charge on any atom is -0.317 e. The Bertz CT molecular complexity index is 1400. The van der Waals surface area contributed by atoms with E-state index in [0.717, 1.165) is 5.69 Å². The molecule has 1 amide bonds. The van der Waals surface area contributed by atoms with E-state index in [1.165, 1.54) is 0 Å². The maximum atomic E-state index is 15.4. The van der Waals surface area contributed by atoms with Crippen LogP contribution >= 0.6 is 11.6 Å². The zero-order valence-electron chi connectivity index (χ0n) is 15.1. The molecule has 4 aromatic heterocycles. The first kappa shape index (κ1) is 17.4. The number of carbonyl (C=O) groups is 1. The van der Waals surface area contributed by atoms with E-state index in [4.69, 9.17) is 11.6 Å². The summed E-state index contributed by atoms with van der Waals surface area (Å²) in [7, 11) is 0. The van der Waals surface area contributed by atoms with Crippen LogP contribution in [0.15, 0.2) is 49.1 Å². The van der Waals surface area contributed by atoms with Gasteiger partial charge in [-0.2, -0.15) is 5.10 Å². The molecule has 0 spiro atoms. The number of aryl methyl sites for hydroxylation is 1.